The Morgan fingerprint density at radius 1 is 1.56 bits per heavy atom. The largest absolute Gasteiger partial charge is 0.481 e. The zero-order valence-corrected chi connectivity index (χ0v) is 9.32. The first-order valence-electron chi connectivity index (χ1n) is 5.56. The van der Waals surface area contributed by atoms with E-state index in [1.807, 2.05) is 0 Å². The molecule has 0 atom stereocenters. The number of nitrogens with one attached hydrogen (secondary N) is 1. The molecule has 1 saturated heterocycles. The predicted octanol–water partition coefficient (Wildman–Crippen LogP) is 1.08. The normalized spacial score (nSPS) is 17.6. The van der Waals surface area contributed by atoms with E-state index >= 15 is 0 Å². The van der Waals surface area contributed by atoms with Crippen LogP contribution in [0.25, 0.3) is 0 Å². The van der Waals surface area contributed by atoms with Crippen LogP contribution in [-0.4, -0.2) is 29.3 Å². The van der Waals surface area contributed by atoms with E-state index in [0.29, 0.717) is 11.6 Å². The molecule has 1 aliphatic rings. The van der Waals surface area contributed by atoms with Gasteiger partial charge < -0.3 is 14.9 Å². The average Bonchev–Trinajstić information content (AvgIpc) is 2.61. The van der Waals surface area contributed by atoms with Crippen LogP contribution in [0.1, 0.15) is 35.8 Å². The second-order valence-corrected chi connectivity index (χ2v) is 4.21. The van der Waals surface area contributed by atoms with Crippen molar-refractivity contribution in [3.05, 3.63) is 17.0 Å². The Labute approximate surface area is 93.8 Å². The molecule has 2 heterocycles. The minimum atomic E-state index is -0.832. The highest BCUT2D eigenvalue weighted by atomic mass is 16.5. The van der Waals surface area contributed by atoms with Gasteiger partial charge in [-0.1, -0.05) is 5.16 Å². The van der Waals surface area contributed by atoms with Crippen LogP contribution in [-0.2, 0) is 11.2 Å². The maximum absolute atomic E-state index is 10.8. The number of aliphatic carboxylic acids is 1. The minimum absolute atomic E-state index is 0.00853. The molecule has 0 unspecified atom stereocenters. The van der Waals surface area contributed by atoms with Crippen molar-refractivity contribution in [2.75, 3.05) is 13.1 Å². The number of carboxylic acids is 1. The van der Waals surface area contributed by atoms with Gasteiger partial charge in [-0.25, -0.2) is 0 Å². The lowest BCUT2D eigenvalue weighted by Crippen LogP contribution is -2.27. The Kier molecular flexibility index (Phi) is 3.24. The van der Waals surface area contributed by atoms with Crippen LogP contribution in [0, 0.1) is 6.92 Å². The molecule has 1 fully saturated rings. The number of rotatable bonds is 3. The van der Waals surface area contributed by atoms with Gasteiger partial charge in [-0.2, -0.15) is 0 Å². The van der Waals surface area contributed by atoms with E-state index in [1.165, 1.54) is 0 Å². The van der Waals surface area contributed by atoms with Crippen molar-refractivity contribution in [3.8, 4) is 0 Å². The fourth-order valence-electron chi connectivity index (χ4n) is 2.18. The highest BCUT2D eigenvalue weighted by Crippen LogP contribution is 2.29. The number of carbonyl (C=O) groups is 1. The summed E-state index contributed by atoms with van der Waals surface area (Å²) in [4.78, 5) is 10.8. The third-order valence-electron chi connectivity index (χ3n) is 3.05. The molecule has 16 heavy (non-hydrogen) atoms. The molecule has 5 nitrogen and oxygen atoms in total. The van der Waals surface area contributed by atoms with Crippen molar-refractivity contribution >= 4 is 5.97 Å². The Bertz CT molecular complexity index is 381. The van der Waals surface area contributed by atoms with Crippen LogP contribution >= 0.6 is 0 Å². The first kappa shape index (κ1) is 11.1. The van der Waals surface area contributed by atoms with Gasteiger partial charge in [0.2, 0.25) is 0 Å². The molecular formula is C11H16N2O3. The molecule has 0 spiro atoms. The molecule has 2 rings (SSSR count). The van der Waals surface area contributed by atoms with Crippen LogP contribution in [0.5, 0.6) is 0 Å². The molecule has 1 aliphatic heterocycles. The molecule has 0 aliphatic carbocycles. The molecule has 2 N–H and O–H groups in total. The number of aromatic nitrogens is 1. The van der Waals surface area contributed by atoms with Gasteiger partial charge in [0.25, 0.3) is 0 Å². The molecule has 0 bridgehead atoms. The number of aryl methyl sites for hydroxylation is 1. The van der Waals surface area contributed by atoms with Gasteiger partial charge in [0.05, 0.1) is 12.1 Å². The van der Waals surface area contributed by atoms with E-state index in [9.17, 15) is 4.79 Å². The van der Waals surface area contributed by atoms with Gasteiger partial charge in [0.15, 0.2) is 0 Å². The average molecular weight is 224 g/mol. The van der Waals surface area contributed by atoms with E-state index in [1.54, 1.807) is 6.92 Å². The van der Waals surface area contributed by atoms with E-state index in [-0.39, 0.29) is 6.42 Å². The smallest absolute Gasteiger partial charge is 0.308 e. The Hall–Kier alpha value is -1.36. The van der Waals surface area contributed by atoms with Gasteiger partial charge in [-0.05, 0) is 32.9 Å². The topological polar surface area (TPSA) is 75.4 Å². The van der Waals surface area contributed by atoms with Gasteiger partial charge in [-0.15, -0.1) is 0 Å². The molecule has 0 amide bonds. The van der Waals surface area contributed by atoms with Gasteiger partial charge >= 0.3 is 5.97 Å². The molecule has 1 aromatic rings. The van der Waals surface area contributed by atoms with Crippen molar-refractivity contribution in [2.45, 2.75) is 32.1 Å². The minimum Gasteiger partial charge on any atom is -0.481 e. The van der Waals surface area contributed by atoms with Crippen molar-refractivity contribution in [1.82, 2.24) is 10.5 Å². The van der Waals surface area contributed by atoms with E-state index in [2.05, 4.69) is 10.5 Å². The number of hydrogen-bond acceptors (Lipinski definition) is 4. The number of hydrogen-bond donors (Lipinski definition) is 2. The summed E-state index contributed by atoms with van der Waals surface area (Å²) in [7, 11) is 0. The van der Waals surface area contributed by atoms with Crippen LogP contribution in [0.2, 0.25) is 0 Å². The lowest BCUT2D eigenvalue weighted by molar-refractivity contribution is -0.136. The third-order valence-corrected chi connectivity index (χ3v) is 3.05. The Morgan fingerprint density at radius 2 is 2.25 bits per heavy atom. The number of carboxylic acid groups (broad SMARTS) is 1. The summed E-state index contributed by atoms with van der Waals surface area (Å²) < 4.78 is 5.29. The standard InChI is InChI=1S/C11H16N2O3/c1-7-9(6-10(14)15)11(16-13-7)8-2-4-12-5-3-8/h8,12H,2-6H2,1H3,(H,14,15). The van der Waals surface area contributed by atoms with Crippen molar-refractivity contribution in [2.24, 2.45) is 0 Å². The molecule has 5 heteroatoms. The summed E-state index contributed by atoms with van der Waals surface area (Å²) in [6.07, 6.45) is 1.98. The maximum Gasteiger partial charge on any atom is 0.308 e. The second kappa shape index (κ2) is 4.65. The lowest BCUT2D eigenvalue weighted by Gasteiger charge is -2.20. The van der Waals surface area contributed by atoms with Crippen molar-refractivity contribution < 1.29 is 14.4 Å². The Morgan fingerprint density at radius 3 is 2.88 bits per heavy atom. The number of nitrogens with zero attached hydrogens (tertiary/aromatic N) is 1. The Balaban J connectivity index is 2.22. The first-order chi connectivity index (χ1) is 7.68. The van der Waals surface area contributed by atoms with Crippen molar-refractivity contribution in [3.63, 3.8) is 0 Å². The molecular weight excluding hydrogens is 208 g/mol. The fraction of sp³-hybridized carbons (Fsp3) is 0.636. The molecule has 1 aromatic heterocycles. The van der Waals surface area contributed by atoms with Crippen molar-refractivity contribution in [1.29, 1.82) is 0 Å². The molecule has 0 radical (unpaired) electrons. The lowest BCUT2D eigenvalue weighted by atomic mass is 9.91. The van der Waals surface area contributed by atoms with Gasteiger partial charge in [-0.3, -0.25) is 4.79 Å². The number of piperidine rings is 1. The van der Waals surface area contributed by atoms with Gasteiger partial charge in [0, 0.05) is 11.5 Å². The van der Waals surface area contributed by atoms with Crippen LogP contribution in [0.15, 0.2) is 4.52 Å². The highest BCUT2D eigenvalue weighted by Gasteiger charge is 2.25. The first-order valence-corrected chi connectivity index (χ1v) is 5.56. The predicted molar refractivity (Wildman–Crippen MR) is 57.4 cm³/mol. The van der Waals surface area contributed by atoms with E-state index in [4.69, 9.17) is 9.63 Å². The van der Waals surface area contributed by atoms with E-state index in [0.717, 1.165) is 37.3 Å². The maximum atomic E-state index is 10.8. The molecule has 0 saturated carbocycles. The summed E-state index contributed by atoms with van der Waals surface area (Å²) in [6.45, 7) is 3.71. The highest BCUT2D eigenvalue weighted by molar-refractivity contribution is 5.70. The zero-order chi connectivity index (χ0) is 11.5. The van der Waals surface area contributed by atoms with Crippen LogP contribution < -0.4 is 5.32 Å². The van der Waals surface area contributed by atoms with Crippen LogP contribution in [0.3, 0.4) is 0 Å². The summed E-state index contributed by atoms with van der Waals surface area (Å²) in [5.41, 5.74) is 1.47. The van der Waals surface area contributed by atoms with Crippen LogP contribution in [0.4, 0.5) is 0 Å². The third kappa shape index (κ3) is 2.24. The summed E-state index contributed by atoms with van der Waals surface area (Å²) in [6, 6.07) is 0. The fourth-order valence-corrected chi connectivity index (χ4v) is 2.18. The SMILES string of the molecule is Cc1noc(C2CCNCC2)c1CC(=O)O. The van der Waals surface area contributed by atoms with E-state index < -0.39 is 5.97 Å². The second-order valence-electron chi connectivity index (χ2n) is 4.21. The van der Waals surface area contributed by atoms with Gasteiger partial charge in [0.1, 0.15) is 5.76 Å². The zero-order valence-electron chi connectivity index (χ0n) is 9.32. The molecule has 0 aromatic carbocycles. The summed E-state index contributed by atoms with van der Waals surface area (Å²) in [5.74, 6) is 0.264. The summed E-state index contributed by atoms with van der Waals surface area (Å²) >= 11 is 0. The monoisotopic (exact) mass is 224 g/mol. The molecule has 88 valence electrons. The summed E-state index contributed by atoms with van der Waals surface area (Å²) in [5, 5.41) is 16.0. The quantitative estimate of drug-likeness (QED) is 0.803.